The number of nitrogens with zero attached hydrogens (tertiary/aromatic N) is 1. The topological polar surface area (TPSA) is 12.9 Å². The van der Waals surface area contributed by atoms with Gasteiger partial charge in [0.2, 0.25) is 0 Å². The second-order valence-electron chi connectivity index (χ2n) is 3.18. The third kappa shape index (κ3) is 3.03. The molecule has 0 unspecified atom stereocenters. The molecule has 1 nitrogen and oxygen atoms in total. The van der Waals surface area contributed by atoms with Gasteiger partial charge in [-0.15, -0.1) is 23.4 Å². The molecular formula is C9H12ClNS. The molecule has 12 heavy (non-hydrogen) atoms. The summed E-state index contributed by atoms with van der Waals surface area (Å²) in [6.07, 6.45) is 3.60. The van der Waals surface area contributed by atoms with Crippen LogP contribution in [0.1, 0.15) is 13.8 Å². The van der Waals surface area contributed by atoms with Gasteiger partial charge in [-0.2, -0.15) is 0 Å². The van der Waals surface area contributed by atoms with Crippen molar-refractivity contribution in [3.8, 4) is 0 Å². The fourth-order valence-electron chi connectivity index (χ4n) is 0.753. The number of rotatable bonds is 3. The van der Waals surface area contributed by atoms with Gasteiger partial charge in [-0.1, -0.05) is 0 Å². The van der Waals surface area contributed by atoms with Crippen molar-refractivity contribution in [2.45, 2.75) is 23.5 Å². The molecule has 1 aromatic rings. The summed E-state index contributed by atoms with van der Waals surface area (Å²) in [7, 11) is 0. The smallest absolute Gasteiger partial charge is 0.0369 e. The van der Waals surface area contributed by atoms with Crippen LogP contribution < -0.4 is 0 Å². The fraction of sp³-hybridized carbons (Fsp3) is 0.444. The van der Waals surface area contributed by atoms with E-state index in [0.29, 0.717) is 5.88 Å². The molecule has 1 aromatic heterocycles. The van der Waals surface area contributed by atoms with Gasteiger partial charge in [0.05, 0.1) is 0 Å². The van der Waals surface area contributed by atoms with Crippen LogP contribution in [0.4, 0.5) is 0 Å². The minimum Gasteiger partial charge on any atom is -0.265 e. The van der Waals surface area contributed by atoms with E-state index in [0.717, 1.165) is 0 Å². The molecule has 3 heteroatoms. The Hall–Kier alpha value is -0.210. The molecule has 0 saturated heterocycles. The highest BCUT2D eigenvalue weighted by molar-refractivity contribution is 8.00. The Kier molecular flexibility index (Phi) is 3.41. The van der Waals surface area contributed by atoms with E-state index in [-0.39, 0.29) is 4.75 Å². The Morgan fingerprint density at radius 2 is 2.00 bits per heavy atom. The molecule has 0 aliphatic carbocycles. The minimum atomic E-state index is 0.100. The second-order valence-corrected chi connectivity index (χ2v) is 5.23. The highest BCUT2D eigenvalue weighted by Crippen LogP contribution is 2.32. The molecule has 0 radical (unpaired) electrons. The first-order chi connectivity index (χ1) is 5.64. The maximum absolute atomic E-state index is 5.81. The fourth-order valence-corrected chi connectivity index (χ4v) is 1.87. The van der Waals surface area contributed by atoms with Gasteiger partial charge in [0.1, 0.15) is 0 Å². The molecule has 0 fully saturated rings. The average molecular weight is 202 g/mol. The lowest BCUT2D eigenvalue weighted by molar-refractivity contribution is 0.811. The van der Waals surface area contributed by atoms with Crippen LogP contribution in [0.2, 0.25) is 0 Å². The normalized spacial score (nSPS) is 11.6. The first kappa shape index (κ1) is 9.87. The number of halogens is 1. The third-order valence-electron chi connectivity index (χ3n) is 1.37. The monoisotopic (exact) mass is 201 g/mol. The molecule has 0 aliphatic rings. The van der Waals surface area contributed by atoms with E-state index in [1.807, 2.05) is 12.1 Å². The highest BCUT2D eigenvalue weighted by atomic mass is 35.5. The molecule has 0 spiro atoms. The van der Waals surface area contributed by atoms with Crippen LogP contribution in [0, 0.1) is 0 Å². The number of aromatic nitrogens is 1. The van der Waals surface area contributed by atoms with Crippen LogP contribution in [-0.2, 0) is 0 Å². The van der Waals surface area contributed by atoms with E-state index in [4.69, 9.17) is 11.6 Å². The molecule has 1 rings (SSSR count). The number of hydrogen-bond acceptors (Lipinski definition) is 2. The quantitative estimate of drug-likeness (QED) is 0.551. The van der Waals surface area contributed by atoms with E-state index in [2.05, 4.69) is 18.8 Å². The van der Waals surface area contributed by atoms with E-state index < -0.39 is 0 Å². The molecule has 0 bridgehead atoms. The summed E-state index contributed by atoms with van der Waals surface area (Å²) >= 11 is 7.58. The molecule has 1 heterocycles. The Morgan fingerprint density at radius 3 is 2.50 bits per heavy atom. The Balaban J connectivity index is 2.64. The summed E-state index contributed by atoms with van der Waals surface area (Å²) in [4.78, 5) is 5.17. The summed E-state index contributed by atoms with van der Waals surface area (Å²) in [6.45, 7) is 4.26. The molecule has 0 aliphatic heterocycles. The van der Waals surface area contributed by atoms with Gasteiger partial charge >= 0.3 is 0 Å². The van der Waals surface area contributed by atoms with E-state index in [1.54, 1.807) is 24.2 Å². The van der Waals surface area contributed by atoms with Crippen molar-refractivity contribution in [1.29, 1.82) is 0 Å². The van der Waals surface area contributed by atoms with Gasteiger partial charge in [-0.3, -0.25) is 4.98 Å². The van der Waals surface area contributed by atoms with Gasteiger partial charge < -0.3 is 0 Å². The standard InChI is InChI=1S/C9H12ClNS/c1-9(2,7-10)12-8-3-5-11-6-4-8/h3-6H,7H2,1-2H3. The van der Waals surface area contributed by atoms with Crippen molar-refractivity contribution < 1.29 is 0 Å². The van der Waals surface area contributed by atoms with Crippen molar-refractivity contribution in [3.63, 3.8) is 0 Å². The van der Waals surface area contributed by atoms with E-state index >= 15 is 0 Å². The number of hydrogen-bond donors (Lipinski definition) is 0. The lowest BCUT2D eigenvalue weighted by Gasteiger charge is -2.20. The lowest BCUT2D eigenvalue weighted by atomic mass is 10.2. The first-order valence-electron chi connectivity index (χ1n) is 3.79. The molecule has 0 N–H and O–H groups in total. The summed E-state index contributed by atoms with van der Waals surface area (Å²) in [5.74, 6) is 0.653. The molecule has 0 amide bonds. The highest BCUT2D eigenvalue weighted by Gasteiger charge is 2.17. The molecule has 0 aromatic carbocycles. The van der Waals surface area contributed by atoms with E-state index in [9.17, 15) is 0 Å². The van der Waals surface area contributed by atoms with Gasteiger partial charge in [0.25, 0.3) is 0 Å². The van der Waals surface area contributed by atoms with E-state index in [1.165, 1.54) is 4.90 Å². The summed E-state index contributed by atoms with van der Waals surface area (Å²) in [6, 6.07) is 4.00. The summed E-state index contributed by atoms with van der Waals surface area (Å²) < 4.78 is 0.100. The Bertz CT molecular complexity index is 236. The maximum atomic E-state index is 5.81. The van der Waals surface area contributed by atoms with Crippen LogP contribution in [0.5, 0.6) is 0 Å². The third-order valence-corrected chi connectivity index (χ3v) is 3.40. The Labute approximate surface area is 82.5 Å². The van der Waals surface area contributed by atoms with Crippen molar-refractivity contribution in [1.82, 2.24) is 4.98 Å². The molecule has 66 valence electrons. The van der Waals surface area contributed by atoms with Gasteiger partial charge in [-0.25, -0.2) is 0 Å². The van der Waals surface area contributed by atoms with Crippen molar-refractivity contribution in [2.75, 3.05) is 5.88 Å². The number of pyridine rings is 1. The SMILES string of the molecule is CC(C)(CCl)Sc1ccncc1. The van der Waals surface area contributed by atoms with Gasteiger partial charge in [0.15, 0.2) is 0 Å². The predicted molar refractivity (Wildman–Crippen MR) is 54.9 cm³/mol. The molecule has 0 saturated carbocycles. The average Bonchev–Trinajstić information content (AvgIpc) is 2.06. The zero-order chi connectivity index (χ0) is 9.03. The van der Waals surface area contributed by atoms with Crippen molar-refractivity contribution >= 4 is 23.4 Å². The number of alkyl halides is 1. The zero-order valence-corrected chi connectivity index (χ0v) is 8.82. The second kappa shape index (κ2) is 4.15. The van der Waals surface area contributed by atoms with Crippen LogP contribution in [0.15, 0.2) is 29.4 Å². The summed E-state index contributed by atoms with van der Waals surface area (Å²) in [5.41, 5.74) is 0. The van der Waals surface area contributed by atoms with Crippen LogP contribution in [0.3, 0.4) is 0 Å². The largest absolute Gasteiger partial charge is 0.265 e. The predicted octanol–water partition coefficient (Wildman–Crippen LogP) is 3.19. The minimum absolute atomic E-state index is 0.100. The van der Waals surface area contributed by atoms with Crippen molar-refractivity contribution in [3.05, 3.63) is 24.5 Å². The Morgan fingerprint density at radius 1 is 1.42 bits per heavy atom. The van der Waals surface area contributed by atoms with Crippen LogP contribution >= 0.6 is 23.4 Å². The maximum Gasteiger partial charge on any atom is 0.0369 e. The van der Waals surface area contributed by atoms with Gasteiger partial charge in [0, 0.05) is 27.9 Å². The lowest BCUT2D eigenvalue weighted by Crippen LogP contribution is -2.15. The summed E-state index contributed by atoms with van der Waals surface area (Å²) in [5, 5.41) is 0. The van der Waals surface area contributed by atoms with Crippen LogP contribution in [-0.4, -0.2) is 15.6 Å². The molecule has 0 atom stereocenters. The number of thioether (sulfide) groups is 1. The zero-order valence-electron chi connectivity index (χ0n) is 7.25. The van der Waals surface area contributed by atoms with Crippen molar-refractivity contribution in [2.24, 2.45) is 0 Å². The first-order valence-corrected chi connectivity index (χ1v) is 5.14. The molecular weight excluding hydrogens is 190 g/mol. The van der Waals surface area contributed by atoms with Gasteiger partial charge in [-0.05, 0) is 26.0 Å². The van der Waals surface area contributed by atoms with Crippen LogP contribution in [0.25, 0.3) is 0 Å².